The summed E-state index contributed by atoms with van der Waals surface area (Å²) in [7, 11) is 0. The summed E-state index contributed by atoms with van der Waals surface area (Å²) in [6, 6.07) is 18.9. The zero-order valence-electron chi connectivity index (χ0n) is 14.2. The molecule has 0 fully saturated rings. The number of phenols is 1. The number of amides is 1. The van der Waals surface area contributed by atoms with Gasteiger partial charge in [-0.15, -0.1) is 11.3 Å². The number of phenolic OH excluding ortho intramolecular Hbond substituents is 1. The first-order valence-electron chi connectivity index (χ1n) is 8.21. The maximum Gasteiger partial charge on any atom is 0.274 e. The van der Waals surface area contributed by atoms with Crippen LogP contribution in [0.2, 0.25) is 15.1 Å². The van der Waals surface area contributed by atoms with Gasteiger partial charge in [-0.1, -0.05) is 53.0 Å². The van der Waals surface area contributed by atoms with E-state index in [0.717, 1.165) is 10.1 Å². The number of fused-ring (bicyclic) bond motifs is 1. The number of anilines is 2. The Labute approximate surface area is 180 Å². The van der Waals surface area contributed by atoms with E-state index in [4.69, 9.17) is 34.8 Å². The standard InChI is InChI=1S/C21H12Cl3NO2S/c22-12-5-8-14(9-6-12)25(16-10-7-13(23)11-17(16)26)21(27)20-19(24)15-3-1-2-4-18(15)28-20/h1-11,26H. The smallest absolute Gasteiger partial charge is 0.274 e. The average molecular weight is 449 g/mol. The number of carbonyl (C=O) groups is 1. The Morgan fingerprint density at radius 2 is 1.57 bits per heavy atom. The monoisotopic (exact) mass is 447 g/mol. The van der Waals surface area contributed by atoms with E-state index < -0.39 is 0 Å². The first-order valence-corrected chi connectivity index (χ1v) is 10.2. The lowest BCUT2D eigenvalue weighted by molar-refractivity contribution is 0.100. The highest BCUT2D eigenvalue weighted by Gasteiger charge is 2.27. The number of rotatable bonds is 3. The molecule has 4 rings (SSSR count). The van der Waals surface area contributed by atoms with Crippen molar-refractivity contribution < 1.29 is 9.90 Å². The maximum absolute atomic E-state index is 13.5. The lowest BCUT2D eigenvalue weighted by atomic mass is 10.2. The van der Waals surface area contributed by atoms with E-state index in [-0.39, 0.29) is 11.7 Å². The normalized spacial score (nSPS) is 11.0. The van der Waals surface area contributed by atoms with Gasteiger partial charge in [-0.3, -0.25) is 9.69 Å². The van der Waals surface area contributed by atoms with Crippen LogP contribution in [0.25, 0.3) is 10.1 Å². The molecule has 1 aromatic heterocycles. The van der Waals surface area contributed by atoms with Crippen molar-refractivity contribution >= 4 is 73.5 Å². The summed E-state index contributed by atoms with van der Waals surface area (Å²) in [6.45, 7) is 0. The fourth-order valence-electron chi connectivity index (χ4n) is 2.89. The molecule has 0 saturated heterocycles. The van der Waals surface area contributed by atoms with Crippen LogP contribution < -0.4 is 4.90 Å². The van der Waals surface area contributed by atoms with Crippen LogP contribution in [-0.2, 0) is 0 Å². The third-order valence-electron chi connectivity index (χ3n) is 4.20. The average Bonchev–Trinajstić information content (AvgIpc) is 3.02. The van der Waals surface area contributed by atoms with Gasteiger partial charge in [0.15, 0.2) is 0 Å². The predicted molar refractivity (Wildman–Crippen MR) is 118 cm³/mol. The highest BCUT2D eigenvalue weighted by Crippen LogP contribution is 2.41. The third kappa shape index (κ3) is 3.45. The number of nitrogens with zero attached hydrogens (tertiary/aromatic N) is 1. The zero-order valence-corrected chi connectivity index (χ0v) is 17.3. The number of carbonyl (C=O) groups excluding carboxylic acids is 1. The quantitative estimate of drug-likeness (QED) is 0.351. The van der Waals surface area contributed by atoms with Crippen molar-refractivity contribution in [2.24, 2.45) is 0 Å². The molecule has 0 spiro atoms. The van der Waals surface area contributed by atoms with Gasteiger partial charge < -0.3 is 5.11 Å². The minimum Gasteiger partial charge on any atom is -0.506 e. The summed E-state index contributed by atoms with van der Waals surface area (Å²) in [5, 5.41) is 12.6. The SMILES string of the molecule is O=C(c1sc2ccccc2c1Cl)N(c1ccc(Cl)cc1)c1ccc(Cl)cc1O. The molecule has 1 heterocycles. The summed E-state index contributed by atoms with van der Waals surface area (Å²) in [5.41, 5.74) is 0.839. The van der Waals surface area contributed by atoms with Gasteiger partial charge in [-0.05, 0) is 42.5 Å². The number of halogens is 3. The Balaban J connectivity index is 1.90. The second kappa shape index (κ2) is 7.64. The predicted octanol–water partition coefficient (Wildman–Crippen LogP) is 7.55. The van der Waals surface area contributed by atoms with E-state index in [2.05, 4.69) is 0 Å². The largest absolute Gasteiger partial charge is 0.506 e. The van der Waals surface area contributed by atoms with Crippen molar-refractivity contribution in [1.29, 1.82) is 0 Å². The van der Waals surface area contributed by atoms with Crippen molar-refractivity contribution in [3.63, 3.8) is 0 Å². The number of aromatic hydroxyl groups is 1. The van der Waals surface area contributed by atoms with E-state index >= 15 is 0 Å². The molecule has 3 nitrogen and oxygen atoms in total. The van der Waals surface area contributed by atoms with E-state index in [1.165, 1.54) is 22.3 Å². The lowest BCUT2D eigenvalue weighted by Crippen LogP contribution is -2.25. The molecule has 7 heteroatoms. The van der Waals surface area contributed by atoms with Gasteiger partial charge in [-0.2, -0.15) is 0 Å². The summed E-state index contributed by atoms with van der Waals surface area (Å²) in [6.07, 6.45) is 0. The van der Waals surface area contributed by atoms with Gasteiger partial charge in [0.2, 0.25) is 0 Å². The molecule has 3 aromatic carbocycles. The summed E-state index contributed by atoms with van der Waals surface area (Å²) >= 11 is 19.8. The van der Waals surface area contributed by atoms with Gasteiger partial charge >= 0.3 is 0 Å². The van der Waals surface area contributed by atoms with E-state index in [1.54, 1.807) is 36.4 Å². The first kappa shape index (κ1) is 19.1. The lowest BCUT2D eigenvalue weighted by Gasteiger charge is -2.23. The third-order valence-corrected chi connectivity index (χ3v) is 6.35. The number of benzene rings is 3. The molecule has 0 aliphatic carbocycles. The van der Waals surface area contributed by atoms with Gasteiger partial charge in [0, 0.05) is 31.9 Å². The first-order chi connectivity index (χ1) is 13.5. The van der Waals surface area contributed by atoms with Crippen molar-refractivity contribution in [3.8, 4) is 5.75 Å². The molecule has 0 atom stereocenters. The van der Waals surface area contributed by atoms with Gasteiger partial charge in [0.05, 0.1) is 10.7 Å². The molecule has 0 aliphatic heterocycles. The molecule has 28 heavy (non-hydrogen) atoms. The van der Waals surface area contributed by atoms with Crippen LogP contribution in [0.5, 0.6) is 5.75 Å². The minimum atomic E-state index is -0.355. The van der Waals surface area contributed by atoms with Crippen LogP contribution in [0.4, 0.5) is 11.4 Å². The topological polar surface area (TPSA) is 40.5 Å². The summed E-state index contributed by atoms with van der Waals surface area (Å²) in [5.74, 6) is -0.473. The van der Waals surface area contributed by atoms with E-state index in [1.807, 2.05) is 24.3 Å². The van der Waals surface area contributed by atoms with Crippen molar-refractivity contribution in [3.05, 3.63) is 86.7 Å². The molecule has 4 aromatic rings. The zero-order chi connectivity index (χ0) is 19.8. The Morgan fingerprint density at radius 3 is 2.25 bits per heavy atom. The number of hydrogen-bond donors (Lipinski definition) is 1. The summed E-state index contributed by atoms with van der Waals surface area (Å²) < 4.78 is 0.909. The summed E-state index contributed by atoms with van der Waals surface area (Å²) in [4.78, 5) is 15.3. The molecule has 0 unspecified atom stereocenters. The minimum absolute atomic E-state index is 0.118. The molecule has 1 N–H and O–H groups in total. The highest BCUT2D eigenvalue weighted by atomic mass is 35.5. The van der Waals surface area contributed by atoms with Crippen LogP contribution in [-0.4, -0.2) is 11.0 Å². The molecule has 0 bridgehead atoms. The van der Waals surface area contributed by atoms with E-state index in [9.17, 15) is 9.90 Å². The second-order valence-corrected chi connectivity index (χ2v) is 8.29. The molecular weight excluding hydrogens is 437 g/mol. The van der Waals surface area contributed by atoms with E-state index in [0.29, 0.717) is 31.3 Å². The molecular formula is C21H12Cl3NO2S. The van der Waals surface area contributed by atoms with Crippen molar-refractivity contribution in [2.75, 3.05) is 4.90 Å². The van der Waals surface area contributed by atoms with Gasteiger partial charge in [0.1, 0.15) is 10.6 Å². The Kier molecular flexibility index (Phi) is 5.21. The molecule has 0 saturated carbocycles. The highest BCUT2D eigenvalue weighted by molar-refractivity contribution is 7.21. The van der Waals surface area contributed by atoms with Crippen LogP contribution in [0, 0.1) is 0 Å². The van der Waals surface area contributed by atoms with Gasteiger partial charge in [-0.25, -0.2) is 0 Å². The molecule has 0 radical (unpaired) electrons. The number of hydrogen-bond acceptors (Lipinski definition) is 3. The van der Waals surface area contributed by atoms with Crippen LogP contribution in [0.15, 0.2) is 66.7 Å². The molecule has 1 amide bonds. The van der Waals surface area contributed by atoms with Crippen molar-refractivity contribution in [2.45, 2.75) is 0 Å². The Hall–Kier alpha value is -2.24. The Morgan fingerprint density at radius 1 is 0.893 bits per heavy atom. The van der Waals surface area contributed by atoms with Gasteiger partial charge in [0.25, 0.3) is 5.91 Å². The second-order valence-electron chi connectivity index (χ2n) is 5.99. The molecule has 140 valence electrons. The van der Waals surface area contributed by atoms with Crippen LogP contribution in [0.3, 0.4) is 0 Å². The van der Waals surface area contributed by atoms with Crippen LogP contribution >= 0.6 is 46.1 Å². The Bertz CT molecular complexity index is 1190. The fourth-order valence-corrected chi connectivity index (χ4v) is 4.63. The maximum atomic E-state index is 13.5. The number of thiophene rings is 1. The fraction of sp³-hybridized carbons (Fsp3) is 0. The molecule has 0 aliphatic rings. The van der Waals surface area contributed by atoms with Crippen molar-refractivity contribution in [1.82, 2.24) is 0 Å². The van der Waals surface area contributed by atoms with Crippen LogP contribution in [0.1, 0.15) is 9.67 Å².